The third-order valence-corrected chi connectivity index (χ3v) is 4.43. The van der Waals surface area contributed by atoms with Gasteiger partial charge in [0.05, 0.1) is 11.1 Å². The number of hydrogen-bond acceptors (Lipinski definition) is 2. The number of carboxylic acids is 1. The fourth-order valence-electron chi connectivity index (χ4n) is 3.16. The van der Waals surface area contributed by atoms with Crippen molar-refractivity contribution in [1.29, 1.82) is 0 Å². The van der Waals surface area contributed by atoms with Crippen LogP contribution in [0.25, 0.3) is 11.0 Å². The average Bonchev–Trinajstić information content (AvgIpc) is 3.09. The van der Waals surface area contributed by atoms with Crippen LogP contribution in [-0.2, 0) is 6.54 Å². The van der Waals surface area contributed by atoms with Crippen LogP contribution in [0.5, 0.6) is 0 Å². The molecular weight excluding hydrogens is 252 g/mol. The Kier molecular flexibility index (Phi) is 3.04. The van der Waals surface area contributed by atoms with E-state index in [1.807, 2.05) is 19.1 Å². The van der Waals surface area contributed by atoms with Gasteiger partial charge < -0.3 is 9.67 Å². The molecule has 1 aliphatic rings. The fraction of sp³-hybridized carbons (Fsp3) is 0.500. The van der Waals surface area contributed by atoms with Crippen molar-refractivity contribution in [1.82, 2.24) is 9.55 Å². The number of rotatable bonds is 5. The second-order valence-corrected chi connectivity index (χ2v) is 5.97. The van der Waals surface area contributed by atoms with Crippen LogP contribution in [0.1, 0.15) is 48.8 Å². The molecule has 4 nitrogen and oxygen atoms in total. The summed E-state index contributed by atoms with van der Waals surface area (Å²) in [5.41, 5.74) is 2.28. The van der Waals surface area contributed by atoms with E-state index in [1.54, 1.807) is 6.07 Å². The Labute approximate surface area is 118 Å². The molecule has 1 aromatic carbocycles. The second-order valence-electron chi connectivity index (χ2n) is 5.97. The van der Waals surface area contributed by atoms with Gasteiger partial charge in [-0.1, -0.05) is 19.4 Å². The topological polar surface area (TPSA) is 55.1 Å². The highest BCUT2D eigenvalue weighted by Gasteiger charge is 2.42. The van der Waals surface area contributed by atoms with E-state index >= 15 is 0 Å². The van der Waals surface area contributed by atoms with Crippen LogP contribution >= 0.6 is 0 Å². The maximum absolute atomic E-state index is 11.3. The molecule has 0 saturated heterocycles. The smallest absolute Gasteiger partial charge is 0.337 e. The number of imidazole rings is 1. The molecule has 0 aliphatic heterocycles. The zero-order chi connectivity index (χ0) is 14.3. The van der Waals surface area contributed by atoms with Gasteiger partial charge in [-0.05, 0) is 43.7 Å². The third-order valence-electron chi connectivity index (χ3n) is 4.43. The van der Waals surface area contributed by atoms with Crippen LogP contribution in [0.15, 0.2) is 18.2 Å². The minimum atomic E-state index is -0.907. The zero-order valence-electron chi connectivity index (χ0n) is 12.0. The molecule has 0 radical (unpaired) electrons. The number of carboxylic acid groups (broad SMARTS) is 1. The van der Waals surface area contributed by atoms with E-state index in [2.05, 4.69) is 16.5 Å². The van der Waals surface area contributed by atoms with E-state index in [1.165, 1.54) is 25.7 Å². The number of nitrogens with zero attached hydrogens (tertiary/aromatic N) is 2. The summed E-state index contributed by atoms with van der Waals surface area (Å²) in [7, 11) is 0. The van der Waals surface area contributed by atoms with E-state index in [9.17, 15) is 9.90 Å². The van der Waals surface area contributed by atoms with Crippen molar-refractivity contribution in [3.63, 3.8) is 0 Å². The van der Waals surface area contributed by atoms with Gasteiger partial charge >= 0.3 is 5.97 Å². The minimum Gasteiger partial charge on any atom is -0.478 e. The molecule has 1 fully saturated rings. The molecule has 1 aromatic heterocycles. The first-order valence-corrected chi connectivity index (χ1v) is 7.25. The van der Waals surface area contributed by atoms with Gasteiger partial charge in [-0.25, -0.2) is 9.78 Å². The van der Waals surface area contributed by atoms with Crippen LogP contribution in [0.3, 0.4) is 0 Å². The van der Waals surface area contributed by atoms with Crippen molar-refractivity contribution < 1.29 is 9.90 Å². The molecule has 0 atom stereocenters. The number of benzene rings is 1. The predicted octanol–water partition coefficient (Wildman–Crippen LogP) is 3.62. The molecular formula is C16H20N2O2. The molecule has 1 saturated carbocycles. The molecule has 0 bridgehead atoms. The van der Waals surface area contributed by atoms with Crippen LogP contribution < -0.4 is 0 Å². The van der Waals surface area contributed by atoms with Crippen LogP contribution in [0.4, 0.5) is 0 Å². The Morgan fingerprint density at radius 2 is 2.20 bits per heavy atom. The number of aryl methyl sites for hydroxylation is 1. The Bertz CT molecular complexity index is 668. The zero-order valence-corrected chi connectivity index (χ0v) is 12.0. The van der Waals surface area contributed by atoms with Crippen LogP contribution in [-0.4, -0.2) is 20.6 Å². The first-order chi connectivity index (χ1) is 9.56. The normalized spacial score (nSPS) is 16.5. The van der Waals surface area contributed by atoms with Gasteiger partial charge in [0, 0.05) is 6.54 Å². The average molecular weight is 272 g/mol. The highest BCUT2D eigenvalue weighted by atomic mass is 16.4. The molecule has 20 heavy (non-hydrogen) atoms. The van der Waals surface area contributed by atoms with E-state index in [-0.39, 0.29) is 0 Å². The second kappa shape index (κ2) is 4.62. The molecule has 2 aromatic rings. The summed E-state index contributed by atoms with van der Waals surface area (Å²) in [5, 5.41) is 9.26. The van der Waals surface area contributed by atoms with Crippen molar-refractivity contribution in [2.75, 3.05) is 0 Å². The summed E-state index contributed by atoms with van der Waals surface area (Å²) in [6.07, 6.45) is 4.99. The maximum atomic E-state index is 11.3. The standard InChI is InChI=1S/C16H20N2O2/c1-3-7-16(8-9-16)10-18-11(2)17-14-12(15(19)20)5-4-6-13(14)18/h4-6H,3,7-10H2,1-2H3,(H,19,20). The first-order valence-electron chi connectivity index (χ1n) is 7.25. The third kappa shape index (κ3) is 2.09. The van der Waals surface area contributed by atoms with Crippen molar-refractivity contribution in [3.05, 3.63) is 29.6 Å². The summed E-state index contributed by atoms with van der Waals surface area (Å²) >= 11 is 0. The van der Waals surface area contributed by atoms with Gasteiger partial charge in [0.25, 0.3) is 0 Å². The summed E-state index contributed by atoms with van der Waals surface area (Å²) < 4.78 is 2.20. The number of carbonyl (C=O) groups is 1. The highest BCUT2D eigenvalue weighted by Crippen LogP contribution is 2.51. The Balaban J connectivity index is 2.06. The lowest BCUT2D eigenvalue weighted by molar-refractivity contribution is 0.0699. The van der Waals surface area contributed by atoms with Crippen molar-refractivity contribution in [3.8, 4) is 0 Å². The summed E-state index contributed by atoms with van der Waals surface area (Å²) in [5.74, 6) is 0.00558. The molecule has 0 amide bonds. The van der Waals surface area contributed by atoms with Gasteiger partial charge in [0.1, 0.15) is 11.3 Å². The summed E-state index contributed by atoms with van der Waals surface area (Å²) in [6.45, 7) is 5.15. The van der Waals surface area contributed by atoms with Crippen molar-refractivity contribution >= 4 is 17.0 Å². The molecule has 1 heterocycles. The summed E-state index contributed by atoms with van der Waals surface area (Å²) in [4.78, 5) is 15.8. The highest BCUT2D eigenvalue weighted by molar-refractivity contribution is 6.01. The fourth-order valence-corrected chi connectivity index (χ4v) is 3.16. The lowest BCUT2D eigenvalue weighted by atomic mass is 10.0. The number of fused-ring (bicyclic) bond motifs is 1. The first kappa shape index (κ1) is 13.2. The van der Waals surface area contributed by atoms with Gasteiger partial charge in [-0.2, -0.15) is 0 Å². The maximum Gasteiger partial charge on any atom is 0.337 e. The Hall–Kier alpha value is -1.84. The van der Waals surface area contributed by atoms with Gasteiger partial charge in [-0.3, -0.25) is 0 Å². The van der Waals surface area contributed by atoms with Crippen molar-refractivity contribution in [2.45, 2.75) is 46.1 Å². The SMILES string of the molecule is CCCC1(Cn2c(C)nc3c(C(=O)O)cccc32)CC1. The summed E-state index contributed by atoms with van der Waals surface area (Å²) in [6, 6.07) is 5.41. The van der Waals surface area contributed by atoms with E-state index in [0.29, 0.717) is 16.5 Å². The van der Waals surface area contributed by atoms with Gasteiger partial charge in [-0.15, -0.1) is 0 Å². The molecule has 1 aliphatic carbocycles. The lowest BCUT2D eigenvalue weighted by Gasteiger charge is -2.16. The predicted molar refractivity (Wildman–Crippen MR) is 78.0 cm³/mol. The number of aromatic nitrogens is 2. The number of hydrogen-bond donors (Lipinski definition) is 1. The Morgan fingerprint density at radius 1 is 1.45 bits per heavy atom. The molecule has 0 unspecified atom stereocenters. The monoisotopic (exact) mass is 272 g/mol. The van der Waals surface area contributed by atoms with E-state index in [4.69, 9.17) is 0 Å². The quantitative estimate of drug-likeness (QED) is 0.904. The lowest BCUT2D eigenvalue weighted by Crippen LogP contribution is -2.12. The number of para-hydroxylation sites is 1. The number of aromatic carboxylic acids is 1. The largest absolute Gasteiger partial charge is 0.478 e. The molecule has 3 rings (SSSR count). The molecule has 0 spiro atoms. The molecule has 106 valence electrons. The van der Waals surface area contributed by atoms with E-state index in [0.717, 1.165) is 17.9 Å². The van der Waals surface area contributed by atoms with E-state index < -0.39 is 5.97 Å². The molecule has 1 N–H and O–H groups in total. The molecule has 4 heteroatoms. The Morgan fingerprint density at radius 3 is 2.80 bits per heavy atom. The van der Waals surface area contributed by atoms with Gasteiger partial charge in [0.2, 0.25) is 0 Å². The van der Waals surface area contributed by atoms with Crippen molar-refractivity contribution in [2.24, 2.45) is 5.41 Å². The van der Waals surface area contributed by atoms with Gasteiger partial charge in [0.15, 0.2) is 0 Å². The minimum absolute atomic E-state index is 0.296. The van der Waals surface area contributed by atoms with Crippen LogP contribution in [0.2, 0.25) is 0 Å². The van der Waals surface area contributed by atoms with Crippen LogP contribution in [0, 0.1) is 12.3 Å².